The number of aliphatic hydroxyl groups excluding tert-OH is 1. The van der Waals surface area contributed by atoms with E-state index >= 15 is 0 Å². The third kappa shape index (κ3) is 5.13. The van der Waals surface area contributed by atoms with Crippen LogP contribution in [0, 0.1) is 0 Å². The van der Waals surface area contributed by atoms with Crippen LogP contribution in [0.15, 0.2) is 36.5 Å². The number of nitrogens with zero attached hydrogens (tertiary/aromatic N) is 1. The number of halogens is 1. The summed E-state index contributed by atoms with van der Waals surface area (Å²) in [4.78, 5) is 17.4. The monoisotopic (exact) mass is 428 g/mol. The van der Waals surface area contributed by atoms with E-state index in [0.717, 1.165) is 49.7 Å². The minimum atomic E-state index is -0.486. The van der Waals surface area contributed by atoms with E-state index in [1.54, 1.807) is 6.20 Å². The lowest BCUT2D eigenvalue weighted by atomic mass is 9.92. The van der Waals surface area contributed by atoms with Crippen molar-refractivity contribution in [1.29, 1.82) is 0 Å². The Morgan fingerprint density at radius 3 is 2.47 bits per heavy atom. The van der Waals surface area contributed by atoms with E-state index in [2.05, 4.69) is 10.3 Å². The van der Waals surface area contributed by atoms with Crippen LogP contribution in [0.1, 0.15) is 68.1 Å². The molecule has 160 valence electrons. The maximum absolute atomic E-state index is 12.9. The van der Waals surface area contributed by atoms with Gasteiger partial charge in [-0.3, -0.25) is 4.79 Å². The molecule has 0 saturated heterocycles. The van der Waals surface area contributed by atoms with Gasteiger partial charge in [0.05, 0.1) is 17.7 Å². The van der Waals surface area contributed by atoms with Crippen LogP contribution in [0.25, 0.3) is 11.1 Å². The number of aliphatic hydroxyl groups is 1. The lowest BCUT2D eigenvalue weighted by Crippen LogP contribution is -2.45. The second kappa shape index (κ2) is 9.80. The van der Waals surface area contributed by atoms with Gasteiger partial charge in [-0.15, -0.1) is 0 Å². The Hall–Kier alpha value is -2.11. The van der Waals surface area contributed by atoms with E-state index in [4.69, 9.17) is 16.3 Å². The van der Waals surface area contributed by atoms with Crippen molar-refractivity contribution in [2.24, 2.45) is 0 Å². The molecule has 1 amide bonds. The number of nitrogens with one attached hydrogen (secondary N) is 1. The molecule has 2 aliphatic rings. The van der Waals surface area contributed by atoms with E-state index in [-0.39, 0.29) is 18.1 Å². The molecule has 2 saturated carbocycles. The summed E-state index contributed by atoms with van der Waals surface area (Å²) >= 11 is 6.06. The number of benzene rings is 1. The average Bonchev–Trinajstić information content (AvgIpc) is 2.77. The summed E-state index contributed by atoms with van der Waals surface area (Å²) in [5.74, 6) is 0.339. The van der Waals surface area contributed by atoms with Crippen molar-refractivity contribution in [2.45, 2.75) is 76.0 Å². The number of amides is 1. The van der Waals surface area contributed by atoms with E-state index in [9.17, 15) is 9.90 Å². The summed E-state index contributed by atoms with van der Waals surface area (Å²) < 4.78 is 6.26. The van der Waals surface area contributed by atoms with Gasteiger partial charge in [0.1, 0.15) is 6.10 Å². The minimum Gasteiger partial charge on any atom is -0.474 e. The molecule has 4 rings (SSSR count). The van der Waals surface area contributed by atoms with Crippen molar-refractivity contribution < 1.29 is 14.6 Å². The molecule has 2 aliphatic carbocycles. The van der Waals surface area contributed by atoms with Crippen LogP contribution in [0.3, 0.4) is 0 Å². The predicted molar refractivity (Wildman–Crippen MR) is 118 cm³/mol. The van der Waals surface area contributed by atoms with Gasteiger partial charge in [-0.2, -0.15) is 0 Å². The third-order valence-corrected chi connectivity index (χ3v) is 6.40. The van der Waals surface area contributed by atoms with E-state index in [1.165, 1.54) is 19.3 Å². The second-order valence-corrected chi connectivity index (χ2v) is 8.83. The Morgan fingerprint density at radius 2 is 1.73 bits per heavy atom. The number of rotatable bonds is 5. The van der Waals surface area contributed by atoms with Crippen molar-refractivity contribution in [3.05, 3.63) is 47.1 Å². The highest BCUT2D eigenvalue weighted by Gasteiger charge is 2.26. The largest absolute Gasteiger partial charge is 0.474 e. The molecule has 0 aliphatic heterocycles. The van der Waals surface area contributed by atoms with Crippen molar-refractivity contribution >= 4 is 17.5 Å². The molecule has 1 aromatic carbocycles. The van der Waals surface area contributed by atoms with Crippen LogP contribution in [0.2, 0.25) is 5.02 Å². The molecule has 2 N–H and O–H groups in total. The maximum atomic E-state index is 12.9. The van der Waals surface area contributed by atoms with Crippen molar-refractivity contribution in [2.75, 3.05) is 0 Å². The third-order valence-electron chi connectivity index (χ3n) is 6.15. The van der Waals surface area contributed by atoms with Crippen LogP contribution < -0.4 is 10.1 Å². The topological polar surface area (TPSA) is 71.5 Å². The summed E-state index contributed by atoms with van der Waals surface area (Å²) in [7, 11) is 0. The molecule has 0 bridgehead atoms. The molecule has 2 fully saturated rings. The molecule has 1 heterocycles. The van der Waals surface area contributed by atoms with E-state index in [1.807, 2.05) is 30.3 Å². The number of hydrogen-bond acceptors (Lipinski definition) is 4. The van der Waals surface area contributed by atoms with Gasteiger partial charge in [0, 0.05) is 16.8 Å². The number of aromatic nitrogens is 1. The van der Waals surface area contributed by atoms with Gasteiger partial charge in [-0.25, -0.2) is 4.98 Å². The molecule has 30 heavy (non-hydrogen) atoms. The first-order chi connectivity index (χ1) is 14.6. The molecule has 2 aromatic rings. The Labute approximate surface area is 182 Å². The van der Waals surface area contributed by atoms with Gasteiger partial charge in [0.25, 0.3) is 5.91 Å². The Morgan fingerprint density at radius 1 is 1.03 bits per heavy atom. The number of carbonyl (C=O) groups is 1. The maximum Gasteiger partial charge on any atom is 0.253 e. The first kappa shape index (κ1) is 21.1. The Bertz CT molecular complexity index is 865. The van der Waals surface area contributed by atoms with Crippen LogP contribution in [-0.4, -0.2) is 34.2 Å². The van der Waals surface area contributed by atoms with Crippen LogP contribution >= 0.6 is 11.6 Å². The minimum absolute atomic E-state index is 0.161. The Balaban J connectivity index is 1.59. The molecular weight excluding hydrogens is 400 g/mol. The quantitative estimate of drug-likeness (QED) is 0.691. The summed E-state index contributed by atoms with van der Waals surface area (Å²) in [6.45, 7) is 0. The van der Waals surface area contributed by atoms with Crippen LogP contribution in [0.4, 0.5) is 0 Å². The van der Waals surface area contributed by atoms with Crippen molar-refractivity contribution in [1.82, 2.24) is 10.3 Å². The standard InChI is InChI=1S/C24H29ClN2O3/c25-18-12-10-16(11-13-18)20-14-17(23(29)27-21-8-4-5-9-22(21)28)15-26-24(20)30-19-6-2-1-3-7-19/h10-15,19,21-22,28H,1-9H2,(H,27,29)/t21-,22-/m1/s1. The fourth-order valence-corrected chi connectivity index (χ4v) is 4.50. The van der Waals surface area contributed by atoms with E-state index < -0.39 is 6.10 Å². The smallest absolute Gasteiger partial charge is 0.253 e. The molecule has 0 spiro atoms. The van der Waals surface area contributed by atoms with Crippen LogP contribution in [-0.2, 0) is 0 Å². The number of carbonyl (C=O) groups excluding carboxylic acids is 1. The molecule has 5 nitrogen and oxygen atoms in total. The fourth-order valence-electron chi connectivity index (χ4n) is 4.38. The first-order valence-electron chi connectivity index (χ1n) is 11.0. The van der Waals surface area contributed by atoms with E-state index in [0.29, 0.717) is 16.5 Å². The molecule has 1 aromatic heterocycles. The van der Waals surface area contributed by atoms with Gasteiger partial charge in [-0.05, 0) is 62.3 Å². The Kier molecular flexibility index (Phi) is 6.90. The summed E-state index contributed by atoms with van der Waals surface area (Å²) in [6.07, 6.45) is 10.5. The summed E-state index contributed by atoms with van der Waals surface area (Å²) in [5.41, 5.74) is 2.16. The molecular formula is C24H29ClN2O3. The van der Waals surface area contributed by atoms with Gasteiger partial charge >= 0.3 is 0 Å². The highest BCUT2D eigenvalue weighted by Crippen LogP contribution is 2.33. The normalized spacial score (nSPS) is 22.5. The van der Waals surface area contributed by atoms with Crippen LogP contribution in [0.5, 0.6) is 5.88 Å². The van der Waals surface area contributed by atoms with Gasteiger partial charge in [0.2, 0.25) is 5.88 Å². The molecule has 0 radical (unpaired) electrons. The number of ether oxygens (including phenoxy) is 1. The van der Waals surface area contributed by atoms with Gasteiger partial charge in [0.15, 0.2) is 0 Å². The van der Waals surface area contributed by atoms with Crippen molar-refractivity contribution in [3.8, 4) is 17.0 Å². The lowest BCUT2D eigenvalue weighted by molar-refractivity contribution is 0.0717. The summed E-state index contributed by atoms with van der Waals surface area (Å²) in [6, 6.07) is 9.11. The molecule has 6 heteroatoms. The second-order valence-electron chi connectivity index (χ2n) is 8.39. The van der Waals surface area contributed by atoms with Gasteiger partial charge in [-0.1, -0.05) is 43.0 Å². The highest BCUT2D eigenvalue weighted by molar-refractivity contribution is 6.30. The summed E-state index contributed by atoms with van der Waals surface area (Å²) in [5, 5.41) is 13.8. The number of hydrogen-bond donors (Lipinski definition) is 2. The number of pyridine rings is 1. The lowest BCUT2D eigenvalue weighted by Gasteiger charge is -2.28. The zero-order valence-corrected chi connectivity index (χ0v) is 17.9. The fraction of sp³-hybridized carbons (Fsp3) is 0.500. The van der Waals surface area contributed by atoms with Gasteiger partial charge < -0.3 is 15.2 Å². The zero-order chi connectivity index (χ0) is 20.9. The first-order valence-corrected chi connectivity index (χ1v) is 11.4. The highest BCUT2D eigenvalue weighted by atomic mass is 35.5. The predicted octanol–water partition coefficient (Wildman–Crippen LogP) is 5.15. The van der Waals surface area contributed by atoms with Crippen molar-refractivity contribution in [3.63, 3.8) is 0 Å². The SMILES string of the molecule is O=C(N[C@@H]1CCCC[C@H]1O)c1cnc(OC2CCCCC2)c(-c2ccc(Cl)cc2)c1. The average molecular weight is 429 g/mol. The molecule has 0 unspecified atom stereocenters. The zero-order valence-electron chi connectivity index (χ0n) is 17.1. The molecule has 2 atom stereocenters.